The van der Waals surface area contributed by atoms with E-state index in [1.807, 2.05) is 11.8 Å². The maximum Gasteiger partial charge on any atom is 0.225 e. The summed E-state index contributed by atoms with van der Waals surface area (Å²) in [6.45, 7) is 0.921. The molecule has 6 heteroatoms. The first-order valence-electron chi connectivity index (χ1n) is 5.32. The van der Waals surface area contributed by atoms with E-state index in [2.05, 4.69) is 15.3 Å². The maximum atomic E-state index is 5.57. The molecule has 0 bridgehead atoms. The summed E-state index contributed by atoms with van der Waals surface area (Å²) < 4.78 is 5.03. The summed E-state index contributed by atoms with van der Waals surface area (Å²) in [6.07, 6.45) is 2.58. The highest BCUT2D eigenvalue weighted by Gasteiger charge is 2.15. The Kier molecular flexibility index (Phi) is 3.71. The van der Waals surface area contributed by atoms with Crippen LogP contribution in [0.4, 0.5) is 11.8 Å². The Balaban J connectivity index is 1.94. The number of anilines is 2. The Bertz CT molecular complexity index is 355. The highest BCUT2D eigenvalue weighted by atomic mass is 32.2. The van der Waals surface area contributed by atoms with E-state index >= 15 is 0 Å². The summed E-state index contributed by atoms with van der Waals surface area (Å²) >= 11 is 2.01. The number of methoxy groups -OCH3 is 1. The fraction of sp³-hybridized carbons (Fsp3) is 0.600. The fourth-order valence-corrected chi connectivity index (χ4v) is 2.86. The molecule has 2 heterocycles. The van der Waals surface area contributed by atoms with Crippen LogP contribution in [0.2, 0.25) is 0 Å². The van der Waals surface area contributed by atoms with Crippen LogP contribution in [0, 0.1) is 0 Å². The lowest BCUT2D eigenvalue weighted by atomic mass is 10.2. The second-order valence-electron chi connectivity index (χ2n) is 3.67. The zero-order chi connectivity index (χ0) is 11.4. The first kappa shape index (κ1) is 11.3. The van der Waals surface area contributed by atoms with Gasteiger partial charge in [-0.05, 0) is 18.6 Å². The van der Waals surface area contributed by atoms with Crippen molar-refractivity contribution < 1.29 is 4.74 Å². The van der Waals surface area contributed by atoms with Gasteiger partial charge >= 0.3 is 0 Å². The van der Waals surface area contributed by atoms with Crippen molar-refractivity contribution in [2.75, 3.05) is 30.5 Å². The number of hydrogen-bond donors (Lipinski definition) is 2. The molecule has 1 atom stereocenters. The molecule has 5 nitrogen and oxygen atoms in total. The number of nitrogens with zero attached hydrogens (tertiary/aromatic N) is 2. The molecule has 1 aliphatic rings. The van der Waals surface area contributed by atoms with Crippen molar-refractivity contribution in [1.29, 1.82) is 0 Å². The molecule has 2 rings (SSSR count). The Morgan fingerprint density at radius 1 is 1.62 bits per heavy atom. The van der Waals surface area contributed by atoms with Crippen molar-refractivity contribution in [2.45, 2.75) is 18.1 Å². The number of hydrogen-bond acceptors (Lipinski definition) is 6. The number of nitrogens with two attached hydrogens (primary N) is 1. The molecule has 0 spiro atoms. The van der Waals surface area contributed by atoms with Crippen molar-refractivity contribution in [3.05, 3.63) is 6.07 Å². The first-order valence-corrected chi connectivity index (χ1v) is 6.37. The molecule has 1 fully saturated rings. The zero-order valence-corrected chi connectivity index (χ0v) is 10.1. The third-order valence-corrected chi connectivity index (χ3v) is 3.86. The van der Waals surface area contributed by atoms with Gasteiger partial charge in [0.15, 0.2) is 0 Å². The van der Waals surface area contributed by atoms with Gasteiger partial charge in [0.2, 0.25) is 11.8 Å². The van der Waals surface area contributed by atoms with Crippen molar-refractivity contribution in [3.63, 3.8) is 0 Å². The van der Waals surface area contributed by atoms with E-state index in [0.717, 1.165) is 12.4 Å². The van der Waals surface area contributed by atoms with E-state index in [4.69, 9.17) is 10.5 Å². The topological polar surface area (TPSA) is 73.1 Å². The summed E-state index contributed by atoms with van der Waals surface area (Å²) in [5.74, 6) is 2.73. The molecule has 16 heavy (non-hydrogen) atoms. The van der Waals surface area contributed by atoms with Crippen LogP contribution in [0.25, 0.3) is 0 Å². The SMILES string of the molecule is COc1cc(NCC2CCCS2)nc(N)n1. The van der Waals surface area contributed by atoms with Gasteiger partial charge < -0.3 is 15.8 Å². The molecule has 0 aliphatic carbocycles. The van der Waals surface area contributed by atoms with Crippen LogP contribution >= 0.6 is 11.8 Å². The predicted molar refractivity (Wildman–Crippen MR) is 67.0 cm³/mol. The van der Waals surface area contributed by atoms with Gasteiger partial charge in [-0.2, -0.15) is 21.7 Å². The standard InChI is InChI=1S/C10H16N4OS/c1-15-9-5-8(13-10(11)14-9)12-6-7-3-2-4-16-7/h5,7H,2-4,6H2,1H3,(H3,11,12,13,14). The molecule has 0 saturated carbocycles. The molecule has 1 saturated heterocycles. The van der Waals surface area contributed by atoms with E-state index in [1.54, 1.807) is 13.2 Å². The lowest BCUT2D eigenvalue weighted by Gasteiger charge is -2.11. The largest absolute Gasteiger partial charge is 0.481 e. The van der Waals surface area contributed by atoms with Gasteiger partial charge in [-0.1, -0.05) is 0 Å². The minimum absolute atomic E-state index is 0.237. The van der Waals surface area contributed by atoms with E-state index in [1.165, 1.54) is 18.6 Å². The van der Waals surface area contributed by atoms with Gasteiger partial charge in [0, 0.05) is 17.9 Å². The maximum absolute atomic E-state index is 5.57. The molecule has 0 radical (unpaired) electrons. The lowest BCUT2D eigenvalue weighted by Crippen LogP contribution is -2.15. The fourth-order valence-electron chi connectivity index (χ4n) is 1.66. The van der Waals surface area contributed by atoms with Crippen LogP contribution in [0.3, 0.4) is 0 Å². The zero-order valence-electron chi connectivity index (χ0n) is 9.27. The van der Waals surface area contributed by atoms with Gasteiger partial charge in [-0.3, -0.25) is 0 Å². The minimum atomic E-state index is 0.237. The van der Waals surface area contributed by atoms with Crippen molar-refractivity contribution in [2.24, 2.45) is 0 Å². The van der Waals surface area contributed by atoms with Crippen LogP contribution in [0.5, 0.6) is 5.88 Å². The average Bonchev–Trinajstić information content (AvgIpc) is 2.78. The summed E-state index contributed by atoms with van der Waals surface area (Å²) in [7, 11) is 1.57. The van der Waals surface area contributed by atoms with Crippen molar-refractivity contribution in [1.82, 2.24) is 9.97 Å². The number of aromatic nitrogens is 2. The Hall–Kier alpha value is -1.17. The highest BCUT2D eigenvalue weighted by molar-refractivity contribution is 8.00. The van der Waals surface area contributed by atoms with Crippen molar-refractivity contribution >= 4 is 23.5 Å². The number of thioether (sulfide) groups is 1. The van der Waals surface area contributed by atoms with E-state index in [0.29, 0.717) is 11.1 Å². The third-order valence-electron chi connectivity index (χ3n) is 2.46. The first-order chi connectivity index (χ1) is 7.78. The van der Waals surface area contributed by atoms with Crippen LogP contribution in [-0.4, -0.2) is 34.6 Å². The van der Waals surface area contributed by atoms with Gasteiger partial charge in [-0.25, -0.2) is 0 Å². The molecule has 1 aromatic rings. The molecule has 3 N–H and O–H groups in total. The van der Waals surface area contributed by atoms with E-state index in [9.17, 15) is 0 Å². The van der Waals surface area contributed by atoms with Gasteiger partial charge in [-0.15, -0.1) is 0 Å². The molecular weight excluding hydrogens is 224 g/mol. The summed E-state index contributed by atoms with van der Waals surface area (Å²) in [5.41, 5.74) is 5.57. The van der Waals surface area contributed by atoms with Crippen molar-refractivity contribution in [3.8, 4) is 5.88 Å². The average molecular weight is 240 g/mol. The monoisotopic (exact) mass is 240 g/mol. The normalized spacial score (nSPS) is 19.7. The molecule has 1 aliphatic heterocycles. The van der Waals surface area contributed by atoms with Gasteiger partial charge in [0.1, 0.15) is 5.82 Å². The van der Waals surface area contributed by atoms with Crippen LogP contribution < -0.4 is 15.8 Å². The molecule has 88 valence electrons. The summed E-state index contributed by atoms with van der Waals surface area (Å²) in [5, 5.41) is 3.95. The number of nitrogens with one attached hydrogen (secondary N) is 1. The van der Waals surface area contributed by atoms with Crippen LogP contribution in [-0.2, 0) is 0 Å². The Morgan fingerprint density at radius 3 is 3.19 bits per heavy atom. The minimum Gasteiger partial charge on any atom is -0.481 e. The molecule has 1 aromatic heterocycles. The summed E-state index contributed by atoms with van der Waals surface area (Å²) in [4.78, 5) is 8.04. The Morgan fingerprint density at radius 2 is 2.50 bits per heavy atom. The third kappa shape index (κ3) is 2.91. The van der Waals surface area contributed by atoms with Gasteiger partial charge in [0.05, 0.1) is 7.11 Å². The number of rotatable bonds is 4. The molecular formula is C10H16N4OS. The molecule has 0 aromatic carbocycles. The van der Waals surface area contributed by atoms with Crippen LogP contribution in [0.15, 0.2) is 6.07 Å². The predicted octanol–water partition coefficient (Wildman–Crippen LogP) is 1.37. The quantitative estimate of drug-likeness (QED) is 0.828. The van der Waals surface area contributed by atoms with Crippen LogP contribution in [0.1, 0.15) is 12.8 Å². The molecule has 0 amide bonds. The van der Waals surface area contributed by atoms with Gasteiger partial charge in [0.25, 0.3) is 0 Å². The smallest absolute Gasteiger partial charge is 0.225 e. The lowest BCUT2D eigenvalue weighted by molar-refractivity contribution is 0.398. The Labute approximate surface area is 99.2 Å². The number of ether oxygens (including phenoxy) is 1. The summed E-state index contributed by atoms with van der Waals surface area (Å²) in [6, 6.07) is 1.76. The highest BCUT2D eigenvalue weighted by Crippen LogP contribution is 2.26. The van der Waals surface area contributed by atoms with E-state index in [-0.39, 0.29) is 5.95 Å². The second kappa shape index (κ2) is 5.25. The number of nitrogen functional groups attached to an aromatic ring is 1. The molecule has 1 unspecified atom stereocenters. The van der Waals surface area contributed by atoms with E-state index < -0.39 is 0 Å². The second-order valence-corrected chi connectivity index (χ2v) is 5.08.